The number of nitrogens with zero attached hydrogens (tertiary/aromatic N) is 1. The summed E-state index contributed by atoms with van der Waals surface area (Å²) in [4.78, 5) is 15.9. The second-order valence-electron chi connectivity index (χ2n) is 5.66. The molecule has 1 aliphatic rings. The van der Waals surface area contributed by atoms with Crippen molar-refractivity contribution in [1.82, 2.24) is 4.90 Å². The first-order valence-electron chi connectivity index (χ1n) is 7.47. The fraction of sp³-hybridized carbons (Fsp3) is 0.353. The minimum Gasteiger partial charge on any atom is -0.325 e. The van der Waals surface area contributed by atoms with Crippen molar-refractivity contribution in [2.24, 2.45) is 0 Å². The fourth-order valence-corrected chi connectivity index (χ4v) is 3.95. The van der Waals surface area contributed by atoms with Crippen molar-refractivity contribution in [2.75, 3.05) is 18.4 Å². The minimum atomic E-state index is 0.0170. The molecule has 1 aromatic carbocycles. The number of nitrogens with one attached hydrogen (secondary N) is 1. The third-order valence-corrected chi connectivity index (χ3v) is 5.42. The number of carbonyl (C=O) groups is 1. The van der Waals surface area contributed by atoms with Crippen LogP contribution in [0.25, 0.3) is 0 Å². The van der Waals surface area contributed by atoms with Gasteiger partial charge in [-0.15, -0.1) is 11.3 Å². The average molecular weight is 335 g/mol. The Bertz CT molecular complexity index is 657. The maximum Gasteiger partial charge on any atom is 0.238 e. The van der Waals surface area contributed by atoms with E-state index in [1.807, 2.05) is 19.1 Å². The van der Waals surface area contributed by atoms with Gasteiger partial charge in [-0.05, 0) is 55.5 Å². The van der Waals surface area contributed by atoms with Crippen LogP contribution in [0, 0.1) is 6.92 Å². The summed E-state index contributed by atoms with van der Waals surface area (Å²) in [5, 5.41) is 5.71. The first-order valence-corrected chi connectivity index (χ1v) is 8.73. The molecule has 2 heterocycles. The molecule has 0 unspecified atom stereocenters. The van der Waals surface area contributed by atoms with Crippen molar-refractivity contribution in [3.8, 4) is 0 Å². The Kier molecular flexibility index (Phi) is 4.81. The summed E-state index contributed by atoms with van der Waals surface area (Å²) in [6.45, 7) is 3.35. The van der Waals surface area contributed by atoms with Gasteiger partial charge in [0.25, 0.3) is 0 Å². The molecule has 1 saturated heterocycles. The van der Waals surface area contributed by atoms with Crippen LogP contribution in [-0.4, -0.2) is 23.9 Å². The summed E-state index contributed by atoms with van der Waals surface area (Å²) in [6, 6.07) is 10.2. The summed E-state index contributed by atoms with van der Waals surface area (Å²) in [6.07, 6.45) is 2.27. The molecule has 3 rings (SSSR count). The minimum absolute atomic E-state index is 0.0170. The highest BCUT2D eigenvalue weighted by molar-refractivity contribution is 7.10. The van der Waals surface area contributed by atoms with E-state index in [2.05, 4.69) is 27.7 Å². The third kappa shape index (κ3) is 3.51. The number of benzene rings is 1. The average Bonchev–Trinajstić information content (AvgIpc) is 3.13. The van der Waals surface area contributed by atoms with Crippen LogP contribution in [0.15, 0.2) is 35.7 Å². The summed E-state index contributed by atoms with van der Waals surface area (Å²) in [5.41, 5.74) is 1.77. The number of aryl methyl sites for hydroxylation is 1. The topological polar surface area (TPSA) is 32.3 Å². The molecule has 22 heavy (non-hydrogen) atoms. The Morgan fingerprint density at radius 1 is 1.45 bits per heavy atom. The standard InChI is InChI=1S/C17H19ClN2OS/c1-12-6-7-13(10-14(12)18)19-17(21)11-20-8-2-4-15(20)16-5-3-9-22-16/h3,5-7,9-10,15H,2,4,8,11H2,1H3,(H,19,21)/t15-/m1/s1. The maximum absolute atomic E-state index is 12.3. The predicted molar refractivity (Wildman–Crippen MR) is 92.7 cm³/mol. The van der Waals surface area contributed by atoms with Gasteiger partial charge < -0.3 is 5.32 Å². The SMILES string of the molecule is Cc1ccc(NC(=O)CN2CCC[C@@H]2c2cccs2)cc1Cl. The summed E-state index contributed by atoms with van der Waals surface area (Å²) >= 11 is 7.87. The van der Waals surface area contributed by atoms with Crippen LogP contribution < -0.4 is 5.32 Å². The highest BCUT2D eigenvalue weighted by Crippen LogP contribution is 2.34. The molecular weight excluding hydrogens is 316 g/mol. The molecule has 2 aromatic rings. The Labute approximate surface area is 139 Å². The highest BCUT2D eigenvalue weighted by atomic mass is 35.5. The van der Waals surface area contributed by atoms with Gasteiger partial charge in [0.05, 0.1) is 6.54 Å². The van der Waals surface area contributed by atoms with E-state index >= 15 is 0 Å². The van der Waals surface area contributed by atoms with Crippen molar-refractivity contribution in [3.63, 3.8) is 0 Å². The zero-order valence-electron chi connectivity index (χ0n) is 12.5. The number of rotatable bonds is 4. The molecule has 1 amide bonds. The van der Waals surface area contributed by atoms with Crippen LogP contribution in [-0.2, 0) is 4.79 Å². The maximum atomic E-state index is 12.3. The van der Waals surface area contributed by atoms with Gasteiger partial charge in [0.2, 0.25) is 5.91 Å². The van der Waals surface area contributed by atoms with Crippen LogP contribution in [0.2, 0.25) is 5.02 Å². The zero-order valence-corrected chi connectivity index (χ0v) is 14.1. The van der Waals surface area contributed by atoms with E-state index in [-0.39, 0.29) is 5.91 Å². The first-order chi connectivity index (χ1) is 10.6. The summed E-state index contributed by atoms with van der Waals surface area (Å²) in [7, 11) is 0. The molecule has 1 atom stereocenters. The summed E-state index contributed by atoms with van der Waals surface area (Å²) in [5.74, 6) is 0.0170. The van der Waals surface area contributed by atoms with Crippen molar-refractivity contribution in [1.29, 1.82) is 0 Å². The number of anilines is 1. The lowest BCUT2D eigenvalue weighted by Crippen LogP contribution is -2.32. The molecule has 3 nitrogen and oxygen atoms in total. The van der Waals surface area contributed by atoms with E-state index in [0.29, 0.717) is 17.6 Å². The number of carbonyl (C=O) groups excluding carboxylic acids is 1. The van der Waals surface area contributed by atoms with E-state index in [4.69, 9.17) is 11.6 Å². The molecule has 5 heteroatoms. The molecule has 1 fully saturated rings. The Hall–Kier alpha value is -1.36. The molecule has 1 aromatic heterocycles. The van der Waals surface area contributed by atoms with Gasteiger partial charge in [0.1, 0.15) is 0 Å². The van der Waals surface area contributed by atoms with Gasteiger partial charge in [-0.25, -0.2) is 0 Å². The van der Waals surface area contributed by atoms with Gasteiger partial charge >= 0.3 is 0 Å². The van der Waals surface area contributed by atoms with E-state index < -0.39 is 0 Å². The van der Waals surface area contributed by atoms with Crippen molar-refractivity contribution < 1.29 is 4.79 Å². The molecule has 1 N–H and O–H groups in total. The fourth-order valence-electron chi connectivity index (χ4n) is 2.87. The second kappa shape index (κ2) is 6.82. The van der Waals surface area contributed by atoms with Crippen molar-refractivity contribution in [3.05, 3.63) is 51.2 Å². The monoisotopic (exact) mass is 334 g/mol. The largest absolute Gasteiger partial charge is 0.325 e. The molecule has 0 radical (unpaired) electrons. The third-order valence-electron chi connectivity index (χ3n) is 4.04. The zero-order chi connectivity index (χ0) is 15.5. The molecule has 116 valence electrons. The van der Waals surface area contributed by atoms with Crippen LogP contribution in [0.1, 0.15) is 29.3 Å². The predicted octanol–water partition coefficient (Wildman–Crippen LogP) is 4.49. The van der Waals surface area contributed by atoms with Gasteiger partial charge in [0, 0.05) is 21.6 Å². The molecular formula is C17H19ClN2OS. The number of amides is 1. The Morgan fingerprint density at radius 3 is 3.05 bits per heavy atom. The van der Waals surface area contributed by atoms with Gasteiger partial charge in [-0.1, -0.05) is 23.7 Å². The van der Waals surface area contributed by atoms with E-state index in [9.17, 15) is 4.79 Å². The Balaban J connectivity index is 1.62. The van der Waals surface area contributed by atoms with Gasteiger partial charge in [0.15, 0.2) is 0 Å². The lowest BCUT2D eigenvalue weighted by atomic mass is 10.2. The van der Waals surface area contributed by atoms with Crippen molar-refractivity contribution >= 4 is 34.5 Å². The van der Waals surface area contributed by atoms with Crippen LogP contribution in [0.3, 0.4) is 0 Å². The normalized spacial score (nSPS) is 18.5. The highest BCUT2D eigenvalue weighted by Gasteiger charge is 2.28. The number of hydrogen-bond donors (Lipinski definition) is 1. The molecule has 0 aliphatic carbocycles. The van der Waals surface area contributed by atoms with E-state index in [1.165, 1.54) is 4.88 Å². The van der Waals surface area contributed by atoms with Crippen LogP contribution in [0.4, 0.5) is 5.69 Å². The van der Waals surface area contributed by atoms with E-state index in [1.54, 1.807) is 17.4 Å². The second-order valence-corrected chi connectivity index (χ2v) is 7.04. The molecule has 1 aliphatic heterocycles. The number of hydrogen-bond acceptors (Lipinski definition) is 3. The number of halogens is 1. The summed E-state index contributed by atoms with van der Waals surface area (Å²) < 4.78 is 0. The Morgan fingerprint density at radius 2 is 2.32 bits per heavy atom. The quantitative estimate of drug-likeness (QED) is 0.893. The number of likely N-dealkylation sites (tertiary alicyclic amines) is 1. The molecule has 0 saturated carbocycles. The van der Waals surface area contributed by atoms with Crippen LogP contribution in [0.5, 0.6) is 0 Å². The lowest BCUT2D eigenvalue weighted by Gasteiger charge is -2.22. The number of thiophene rings is 1. The van der Waals surface area contributed by atoms with Gasteiger partial charge in [-0.2, -0.15) is 0 Å². The lowest BCUT2D eigenvalue weighted by molar-refractivity contribution is -0.117. The smallest absolute Gasteiger partial charge is 0.238 e. The molecule has 0 bridgehead atoms. The van der Waals surface area contributed by atoms with Gasteiger partial charge in [-0.3, -0.25) is 9.69 Å². The molecule has 0 spiro atoms. The van der Waals surface area contributed by atoms with Crippen molar-refractivity contribution in [2.45, 2.75) is 25.8 Å². The first kappa shape index (κ1) is 15.5. The van der Waals surface area contributed by atoms with E-state index in [0.717, 1.165) is 30.6 Å². The van der Waals surface area contributed by atoms with Crippen LogP contribution >= 0.6 is 22.9 Å².